The number of methoxy groups -OCH3 is 1. The maximum Gasteiger partial charge on any atom is 0.390 e. The summed E-state index contributed by atoms with van der Waals surface area (Å²) in [7, 11) is 3.16. The van der Waals surface area contributed by atoms with Gasteiger partial charge in [0.1, 0.15) is 5.75 Å². The molecule has 1 aliphatic heterocycles. The second-order valence-corrected chi connectivity index (χ2v) is 6.18. The molecule has 0 bridgehead atoms. The highest BCUT2D eigenvalue weighted by Crippen LogP contribution is 2.23. The molecule has 0 aliphatic carbocycles. The lowest BCUT2D eigenvalue weighted by Crippen LogP contribution is -2.46. The minimum Gasteiger partial charge on any atom is -0.497 e. The Hall–Kier alpha value is -2.00. The van der Waals surface area contributed by atoms with Crippen LogP contribution >= 0.6 is 0 Å². The molecule has 0 aromatic heterocycles. The summed E-state index contributed by atoms with van der Waals surface area (Å²) in [5.74, 6) is 1.13. The van der Waals surface area contributed by atoms with E-state index >= 15 is 0 Å². The minimum atomic E-state index is -4.19. The third-order valence-electron chi connectivity index (χ3n) is 4.37. The van der Waals surface area contributed by atoms with Crippen LogP contribution in [0.25, 0.3) is 0 Å². The molecule has 1 aromatic rings. The zero-order valence-electron chi connectivity index (χ0n) is 15.7. The fraction of sp³-hybridized carbons (Fsp3) is 0.611. The Morgan fingerprint density at radius 1 is 1.22 bits per heavy atom. The number of morpholine rings is 1. The highest BCUT2D eigenvalue weighted by atomic mass is 19.4. The van der Waals surface area contributed by atoms with Gasteiger partial charge in [0.2, 0.25) is 0 Å². The molecule has 2 rings (SSSR count). The number of hydrogen-bond acceptors (Lipinski definition) is 4. The first-order valence-electron chi connectivity index (χ1n) is 8.90. The maximum absolute atomic E-state index is 12.3. The summed E-state index contributed by atoms with van der Waals surface area (Å²) in [6.45, 7) is 3.19. The van der Waals surface area contributed by atoms with Crippen molar-refractivity contribution in [2.24, 2.45) is 4.99 Å². The average molecular weight is 388 g/mol. The van der Waals surface area contributed by atoms with E-state index in [0.717, 1.165) is 24.4 Å². The fourth-order valence-corrected chi connectivity index (χ4v) is 2.91. The van der Waals surface area contributed by atoms with Crippen LogP contribution in [0.5, 0.6) is 5.75 Å². The molecule has 0 spiro atoms. The first-order chi connectivity index (χ1) is 12.9. The highest BCUT2D eigenvalue weighted by Gasteiger charge is 2.27. The van der Waals surface area contributed by atoms with Crippen molar-refractivity contribution in [1.82, 2.24) is 15.5 Å². The molecule has 27 heavy (non-hydrogen) atoms. The summed E-state index contributed by atoms with van der Waals surface area (Å²) in [5.41, 5.74) is 1.09. The van der Waals surface area contributed by atoms with Crippen LogP contribution in [0.3, 0.4) is 0 Å². The van der Waals surface area contributed by atoms with Gasteiger partial charge in [0.25, 0.3) is 0 Å². The van der Waals surface area contributed by atoms with Gasteiger partial charge < -0.3 is 20.1 Å². The van der Waals surface area contributed by atoms with E-state index in [1.54, 1.807) is 14.2 Å². The molecule has 9 heteroatoms. The molecule has 0 radical (unpaired) electrons. The van der Waals surface area contributed by atoms with Crippen LogP contribution in [-0.2, 0) is 4.74 Å². The van der Waals surface area contributed by atoms with Crippen molar-refractivity contribution in [3.63, 3.8) is 0 Å². The molecule has 1 aliphatic rings. The SMILES string of the molecule is CN=C(NCCC(F)(F)F)NCC(c1ccc(OC)cc1)N1CCOCC1. The zero-order chi connectivity index (χ0) is 19.7. The Balaban J connectivity index is 2.00. The first-order valence-corrected chi connectivity index (χ1v) is 8.90. The fourth-order valence-electron chi connectivity index (χ4n) is 2.91. The number of guanidine groups is 1. The molecule has 1 unspecified atom stereocenters. The van der Waals surface area contributed by atoms with Gasteiger partial charge in [-0.1, -0.05) is 12.1 Å². The van der Waals surface area contributed by atoms with Crippen molar-refractivity contribution in [3.8, 4) is 5.75 Å². The molecule has 1 aromatic carbocycles. The highest BCUT2D eigenvalue weighted by molar-refractivity contribution is 5.79. The molecule has 152 valence electrons. The van der Waals surface area contributed by atoms with Crippen LogP contribution in [0.1, 0.15) is 18.0 Å². The molecule has 1 heterocycles. The van der Waals surface area contributed by atoms with Gasteiger partial charge in [-0.25, -0.2) is 0 Å². The van der Waals surface area contributed by atoms with Crippen LogP contribution < -0.4 is 15.4 Å². The topological polar surface area (TPSA) is 58.1 Å². The summed E-state index contributed by atoms with van der Waals surface area (Å²) < 4.78 is 47.6. The number of benzene rings is 1. The second kappa shape index (κ2) is 10.4. The molecular weight excluding hydrogens is 361 g/mol. The smallest absolute Gasteiger partial charge is 0.390 e. The van der Waals surface area contributed by atoms with Gasteiger partial charge in [0.05, 0.1) is 32.8 Å². The molecule has 6 nitrogen and oxygen atoms in total. The number of ether oxygens (including phenoxy) is 2. The van der Waals surface area contributed by atoms with E-state index in [9.17, 15) is 13.2 Å². The summed E-state index contributed by atoms with van der Waals surface area (Å²) in [5, 5.41) is 5.85. The zero-order valence-corrected chi connectivity index (χ0v) is 15.7. The van der Waals surface area contributed by atoms with Crippen LogP contribution in [0, 0.1) is 0 Å². The predicted octanol–water partition coefficient (Wildman–Crippen LogP) is 2.19. The maximum atomic E-state index is 12.3. The Morgan fingerprint density at radius 3 is 2.44 bits per heavy atom. The summed E-state index contributed by atoms with van der Waals surface area (Å²) in [6.07, 6.45) is -5.09. The van der Waals surface area contributed by atoms with Crippen molar-refractivity contribution < 1.29 is 22.6 Å². The normalized spacial score (nSPS) is 17.4. The second-order valence-electron chi connectivity index (χ2n) is 6.18. The third-order valence-corrected chi connectivity index (χ3v) is 4.37. The number of nitrogens with one attached hydrogen (secondary N) is 2. The summed E-state index contributed by atoms with van der Waals surface area (Å²) in [4.78, 5) is 6.30. The van der Waals surface area contributed by atoms with Gasteiger partial charge in [-0.3, -0.25) is 9.89 Å². The monoisotopic (exact) mass is 388 g/mol. The molecule has 1 saturated heterocycles. The number of rotatable bonds is 7. The predicted molar refractivity (Wildman–Crippen MR) is 98.2 cm³/mol. The van der Waals surface area contributed by atoms with Gasteiger partial charge in [0, 0.05) is 33.2 Å². The lowest BCUT2D eigenvalue weighted by atomic mass is 10.0. The molecule has 1 atom stereocenters. The Bertz CT molecular complexity index is 587. The summed E-state index contributed by atoms with van der Waals surface area (Å²) >= 11 is 0. The molecule has 1 fully saturated rings. The van der Waals surface area contributed by atoms with E-state index in [4.69, 9.17) is 9.47 Å². The molecule has 0 amide bonds. The average Bonchev–Trinajstić information content (AvgIpc) is 2.67. The van der Waals surface area contributed by atoms with Crippen molar-refractivity contribution in [1.29, 1.82) is 0 Å². The Morgan fingerprint density at radius 2 is 1.89 bits per heavy atom. The van der Waals surface area contributed by atoms with Crippen molar-refractivity contribution in [2.75, 3.05) is 53.6 Å². The number of hydrogen-bond donors (Lipinski definition) is 2. The number of nitrogens with zero attached hydrogens (tertiary/aromatic N) is 2. The Labute approximate surface area is 157 Å². The van der Waals surface area contributed by atoms with E-state index in [1.807, 2.05) is 24.3 Å². The lowest BCUT2D eigenvalue weighted by Gasteiger charge is -2.35. The van der Waals surface area contributed by atoms with Gasteiger partial charge in [-0.2, -0.15) is 13.2 Å². The van der Waals surface area contributed by atoms with Gasteiger partial charge in [-0.15, -0.1) is 0 Å². The van der Waals surface area contributed by atoms with Crippen molar-refractivity contribution >= 4 is 5.96 Å². The van der Waals surface area contributed by atoms with Gasteiger partial charge in [0.15, 0.2) is 5.96 Å². The van der Waals surface area contributed by atoms with Crippen molar-refractivity contribution in [2.45, 2.75) is 18.6 Å². The van der Waals surface area contributed by atoms with E-state index in [-0.39, 0.29) is 12.6 Å². The Kier molecular flexibility index (Phi) is 8.18. The molecular formula is C18H27F3N4O2. The van der Waals surface area contributed by atoms with Crippen LogP contribution in [0.2, 0.25) is 0 Å². The largest absolute Gasteiger partial charge is 0.497 e. The molecule has 2 N–H and O–H groups in total. The van der Waals surface area contributed by atoms with Crippen molar-refractivity contribution in [3.05, 3.63) is 29.8 Å². The minimum absolute atomic E-state index is 0.0426. The van der Waals surface area contributed by atoms with E-state index in [1.165, 1.54) is 0 Å². The number of alkyl halides is 3. The van der Waals surface area contributed by atoms with Gasteiger partial charge >= 0.3 is 6.18 Å². The van der Waals surface area contributed by atoms with Crippen LogP contribution in [-0.4, -0.2) is 70.6 Å². The van der Waals surface area contributed by atoms with E-state index in [0.29, 0.717) is 25.7 Å². The van der Waals surface area contributed by atoms with Gasteiger partial charge in [-0.05, 0) is 17.7 Å². The summed E-state index contributed by atoms with van der Waals surface area (Å²) in [6, 6.07) is 7.85. The molecule has 0 saturated carbocycles. The van der Waals surface area contributed by atoms with Crippen LogP contribution in [0.15, 0.2) is 29.3 Å². The van der Waals surface area contributed by atoms with E-state index < -0.39 is 12.6 Å². The quantitative estimate of drug-likeness (QED) is 0.554. The standard InChI is InChI=1S/C18H27F3N4O2/c1-22-17(23-8-7-18(19,20)21)24-13-16(25-9-11-27-12-10-25)14-3-5-15(26-2)6-4-14/h3-6,16H,7-13H2,1-2H3,(H2,22,23,24). The first kappa shape index (κ1) is 21.3. The lowest BCUT2D eigenvalue weighted by molar-refractivity contribution is -0.132. The number of aliphatic imine (C=N–C) groups is 1. The van der Waals surface area contributed by atoms with E-state index in [2.05, 4.69) is 20.5 Å². The third kappa shape index (κ3) is 7.26. The van der Waals surface area contributed by atoms with Crippen LogP contribution in [0.4, 0.5) is 13.2 Å². The number of halogens is 3.